The second-order valence-electron chi connectivity index (χ2n) is 3.17. The SMILES string of the molecule is C=C(C(=O)OCC)C1=CCCCC1. The highest BCUT2D eigenvalue weighted by Gasteiger charge is 2.14. The van der Waals surface area contributed by atoms with Gasteiger partial charge in [-0.15, -0.1) is 0 Å². The van der Waals surface area contributed by atoms with Gasteiger partial charge < -0.3 is 4.74 Å². The normalized spacial score (nSPS) is 16.2. The molecule has 0 spiro atoms. The van der Waals surface area contributed by atoms with Crippen molar-refractivity contribution in [3.8, 4) is 0 Å². The molecule has 0 saturated heterocycles. The first-order valence-electron chi connectivity index (χ1n) is 4.81. The second kappa shape index (κ2) is 4.85. The van der Waals surface area contributed by atoms with Gasteiger partial charge in [-0.1, -0.05) is 12.7 Å². The lowest BCUT2D eigenvalue weighted by atomic mass is 9.94. The molecule has 0 aromatic heterocycles. The first-order chi connectivity index (χ1) is 6.25. The number of hydrogen-bond donors (Lipinski definition) is 0. The highest BCUT2D eigenvalue weighted by atomic mass is 16.5. The summed E-state index contributed by atoms with van der Waals surface area (Å²) in [6.07, 6.45) is 6.51. The van der Waals surface area contributed by atoms with Crippen LogP contribution >= 0.6 is 0 Å². The topological polar surface area (TPSA) is 26.3 Å². The fourth-order valence-electron chi connectivity index (χ4n) is 1.46. The fourth-order valence-corrected chi connectivity index (χ4v) is 1.46. The number of carbonyl (C=O) groups is 1. The summed E-state index contributed by atoms with van der Waals surface area (Å²) in [5, 5.41) is 0. The van der Waals surface area contributed by atoms with Crippen molar-refractivity contribution in [2.75, 3.05) is 6.61 Å². The molecule has 1 aliphatic carbocycles. The van der Waals surface area contributed by atoms with Crippen LogP contribution in [0.25, 0.3) is 0 Å². The molecular formula is C11H16O2. The Kier molecular flexibility index (Phi) is 3.74. The molecule has 0 aliphatic heterocycles. The van der Waals surface area contributed by atoms with E-state index in [0.29, 0.717) is 12.2 Å². The Balaban J connectivity index is 2.55. The summed E-state index contributed by atoms with van der Waals surface area (Å²) in [6, 6.07) is 0. The number of carbonyl (C=O) groups excluding carboxylic acids is 1. The molecule has 0 fully saturated rings. The third-order valence-electron chi connectivity index (χ3n) is 2.20. The molecule has 2 heteroatoms. The molecule has 0 unspecified atom stereocenters. The van der Waals surface area contributed by atoms with Crippen molar-refractivity contribution in [3.05, 3.63) is 23.8 Å². The van der Waals surface area contributed by atoms with Gasteiger partial charge in [0.25, 0.3) is 0 Å². The summed E-state index contributed by atoms with van der Waals surface area (Å²) in [5.74, 6) is -0.268. The van der Waals surface area contributed by atoms with Gasteiger partial charge in [-0.05, 0) is 38.2 Å². The molecule has 72 valence electrons. The predicted molar refractivity (Wildman–Crippen MR) is 52.3 cm³/mol. The van der Waals surface area contributed by atoms with Gasteiger partial charge in [-0.25, -0.2) is 4.79 Å². The zero-order valence-corrected chi connectivity index (χ0v) is 8.14. The van der Waals surface area contributed by atoms with Gasteiger partial charge in [0.1, 0.15) is 0 Å². The van der Waals surface area contributed by atoms with E-state index in [-0.39, 0.29) is 5.97 Å². The maximum Gasteiger partial charge on any atom is 0.337 e. The van der Waals surface area contributed by atoms with E-state index < -0.39 is 0 Å². The van der Waals surface area contributed by atoms with Crippen molar-refractivity contribution in [3.63, 3.8) is 0 Å². The van der Waals surface area contributed by atoms with Crippen molar-refractivity contribution in [2.24, 2.45) is 0 Å². The van der Waals surface area contributed by atoms with E-state index in [0.717, 1.165) is 24.8 Å². The van der Waals surface area contributed by atoms with Crippen LogP contribution in [-0.2, 0) is 9.53 Å². The molecule has 0 amide bonds. The monoisotopic (exact) mass is 180 g/mol. The number of hydrogen-bond acceptors (Lipinski definition) is 2. The summed E-state index contributed by atoms with van der Waals surface area (Å²) < 4.78 is 4.88. The number of ether oxygens (including phenoxy) is 1. The van der Waals surface area contributed by atoms with Crippen LogP contribution < -0.4 is 0 Å². The minimum atomic E-state index is -0.268. The maximum absolute atomic E-state index is 11.3. The first kappa shape index (κ1) is 10.0. The van der Waals surface area contributed by atoms with E-state index in [1.54, 1.807) is 6.92 Å². The Morgan fingerprint density at radius 3 is 2.92 bits per heavy atom. The van der Waals surface area contributed by atoms with Crippen LogP contribution in [0.15, 0.2) is 23.8 Å². The van der Waals surface area contributed by atoms with E-state index in [1.165, 1.54) is 6.42 Å². The van der Waals surface area contributed by atoms with Crippen molar-refractivity contribution in [1.29, 1.82) is 0 Å². The zero-order valence-electron chi connectivity index (χ0n) is 8.14. The fraction of sp³-hybridized carbons (Fsp3) is 0.545. The largest absolute Gasteiger partial charge is 0.462 e. The third kappa shape index (κ3) is 2.72. The highest BCUT2D eigenvalue weighted by molar-refractivity contribution is 5.92. The molecular weight excluding hydrogens is 164 g/mol. The van der Waals surface area contributed by atoms with Crippen LogP contribution in [0.4, 0.5) is 0 Å². The minimum absolute atomic E-state index is 0.268. The van der Waals surface area contributed by atoms with Gasteiger partial charge >= 0.3 is 5.97 Å². The standard InChI is InChI=1S/C11H16O2/c1-3-13-11(12)9(2)10-7-5-4-6-8-10/h7H,2-6,8H2,1H3. The number of rotatable bonds is 3. The van der Waals surface area contributed by atoms with Gasteiger partial charge in [0.05, 0.1) is 12.2 Å². The Hall–Kier alpha value is -1.05. The lowest BCUT2D eigenvalue weighted by molar-refractivity contribution is -0.138. The Morgan fingerprint density at radius 2 is 2.38 bits per heavy atom. The van der Waals surface area contributed by atoms with Crippen molar-refractivity contribution < 1.29 is 9.53 Å². The molecule has 0 aromatic carbocycles. The molecule has 0 atom stereocenters. The summed E-state index contributed by atoms with van der Waals surface area (Å²) in [4.78, 5) is 11.3. The molecule has 13 heavy (non-hydrogen) atoms. The van der Waals surface area contributed by atoms with Gasteiger partial charge in [0.15, 0.2) is 0 Å². The molecule has 0 bridgehead atoms. The van der Waals surface area contributed by atoms with Crippen molar-refractivity contribution in [2.45, 2.75) is 32.6 Å². The van der Waals surface area contributed by atoms with Gasteiger partial charge in [0.2, 0.25) is 0 Å². The smallest absolute Gasteiger partial charge is 0.337 e. The summed E-state index contributed by atoms with van der Waals surface area (Å²) in [6.45, 7) is 5.98. The van der Waals surface area contributed by atoms with Crippen LogP contribution in [0.2, 0.25) is 0 Å². The number of esters is 1. The van der Waals surface area contributed by atoms with E-state index in [2.05, 4.69) is 12.7 Å². The molecule has 0 saturated carbocycles. The average Bonchev–Trinajstić information content (AvgIpc) is 2.18. The lowest BCUT2D eigenvalue weighted by Crippen LogP contribution is -2.09. The molecule has 0 heterocycles. The molecule has 1 aliphatic rings. The summed E-state index contributed by atoms with van der Waals surface area (Å²) in [7, 11) is 0. The second-order valence-corrected chi connectivity index (χ2v) is 3.17. The maximum atomic E-state index is 11.3. The molecule has 0 aromatic rings. The van der Waals surface area contributed by atoms with Crippen LogP contribution in [0.1, 0.15) is 32.6 Å². The quantitative estimate of drug-likeness (QED) is 0.493. The number of allylic oxidation sites excluding steroid dienone is 1. The molecule has 0 radical (unpaired) electrons. The van der Waals surface area contributed by atoms with Crippen LogP contribution in [-0.4, -0.2) is 12.6 Å². The highest BCUT2D eigenvalue weighted by Crippen LogP contribution is 2.23. The van der Waals surface area contributed by atoms with Gasteiger partial charge in [-0.2, -0.15) is 0 Å². The zero-order chi connectivity index (χ0) is 9.68. The third-order valence-corrected chi connectivity index (χ3v) is 2.20. The van der Waals surface area contributed by atoms with Gasteiger partial charge in [-0.3, -0.25) is 0 Å². The molecule has 1 rings (SSSR count). The van der Waals surface area contributed by atoms with E-state index in [4.69, 9.17) is 4.74 Å². The van der Waals surface area contributed by atoms with Crippen molar-refractivity contribution in [1.82, 2.24) is 0 Å². The Bertz CT molecular complexity index is 238. The van der Waals surface area contributed by atoms with Crippen LogP contribution in [0.3, 0.4) is 0 Å². The summed E-state index contributed by atoms with van der Waals surface area (Å²) in [5.41, 5.74) is 1.62. The van der Waals surface area contributed by atoms with Crippen molar-refractivity contribution >= 4 is 5.97 Å². The van der Waals surface area contributed by atoms with E-state index >= 15 is 0 Å². The first-order valence-corrected chi connectivity index (χ1v) is 4.81. The lowest BCUT2D eigenvalue weighted by Gasteiger charge is -2.13. The van der Waals surface area contributed by atoms with E-state index in [1.807, 2.05) is 0 Å². The minimum Gasteiger partial charge on any atom is -0.462 e. The molecule has 0 N–H and O–H groups in total. The Labute approximate surface area is 79.3 Å². The predicted octanol–water partition coefficient (Wildman–Crippen LogP) is 2.61. The van der Waals surface area contributed by atoms with Crippen LogP contribution in [0, 0.1) is 0 Å². The Morgan fingerprint density at radius 1 is 1.62 bits per heavy atom. The van der Waals surface area contributed by atoms with E-state index in [9.17, 15) is 4.79 Å². The molecule has 2 nitrogen and oxygen atoms in total. The van der Waals surface area contributed by atoms with Crippen LogP contribution in [0.5, 0.6) is 0 Å². The summed E-state index contributed by atoms with van der Waals surface area (Å²) >= 11 is 0. The average molecular weight is 180 g/mol. The van der Waals surface area contributed by atoms with Gasteiger partial charge in [0, 0.05) is 0 Å².